The quantitative estimate of drug-likeness (QED) is 0.583. The van der Waals surface area contributed by atoms with E-state index in [1.165, 1.54) is 19.3 Å². The Morgan fingerprint density at radius 2 is 1.92 bits per heavy atom. The van der Waals surface area contributed by atoms with E-state index < -0.39 is 0 Å². The number of rotatable bonds is 3. The van der Waals surface area contributed by atoms with Crippen LogP contribution < -0.4 is 10.6 Å². The Kier molecular flexibility index (Phi) is 3.19. The largest absolute Gasteiger partial charge is 0.396 e. The van der Waals surface area contributed by atoms with Gasteiger partial charge in [-0.2, -0.15) is 0 Å². The molecule has 1 aliphatic carbocycles. The molecule has 0 amide bonds. The Hall–Kier alpha value is -0.120. The highest BCUT2D eigenvalue weighted by molar-refractivity contribution is 4.89. The molecular weight excluding hydrogens is 164 g/mol. The monoisotopic (exact) mass is 184 g/mol. The van der Waals surface area contributed by atoms with Crippen LogP contribution >= 0.6 is 0 Å². The summed E-state index contributed by atoms with van der Waals surface area (Å²) in [6, 6.07) is 1.31. The molecule has 2 unspecified atom stereocenters. The molecule has 0 aromatic heterocycles. The lowest BCUT2D eigenvalue weighted by atomic mass is 9.95. The van der Waals surface area contributed by atoms with Crippen LogP contribution in [0.15, 0.2) is 0 Å². The van der Waals surface area contributed by atoms with E-state index in [1.54, 1.807) is 0 Å². The average Bonchev–Trinajstić information content (AvgIpc) is 2.93. The first-order valence-corrected chi connectivity index (χ1v) is 5.48. The topological polar surface area (TPSA) is 44.3 Å². The fraction of sp³-hybridized carbons (Fsp3) is 1.00. The van der Waals surface area contributed by atoms with Crippen molar-refractivity contribution in [2.24, 2.45) is 5.92 Å². The maximum absolute atomic E-state index is 9.25. The van der Waals surface area contributed by atoms with Gasteiger partial charge in [0.2, 0.25) is 0 Å². The van der Waals surface area contributed by atoms with E-state index in [0.29, 0.717) is 18.6 Å². The van der Waals surface area contributed by atoms with Crippen molar-refractivity contribution in [2.45, 2.75) is 37.8 Å². The standard InChI is InChI=1S/C10H20N2O/c13-7-8-3-5-11-6-4-10(8)12-9-1-2-9/h8-13H,1-7H2. The number of hydrogen-bond acceptors (Lipinski definition) is 3. The van der Waals surface area contributed by atoms with Crippen molar-refractivity contribution in [3.05, 3.63) is 0 Å². The predicted octanol–water partition coefficient (Wildman–Crippen LogP) is 0.0989. The molecular formula is C10H20N2O. The van der Waals surface area contributed by atoms with Gasteiger partial charge in [0.15, 0.2) is 0 Å². The number of nitrogens with one attached hydrogen (secondary N) is 2. The summed E-state index contributed by atoms with van der Waals surface area (Å²) in [6.45, 7) is 2.50. The first kappa shape index (κ1) is 9.44. The lowest BCUT2D eigenvalue weighted by molar-refractivity contribution is 0.184. The minimum absolute atomic E-state index is 0.339. The Morgan fingerprint density at radius 1 is 1.15 bits per heavy atom. The molecule has 2 aliphatic rings. The molecule has 3 N–H and O–H groups in total. The zero-order valence-corrected chi connectivity index (χ0v) is 8.13. The Labute approximate surface area is 79.9 Å². The van der Waals surface area contributed by atoms with Crippen LogP contribution in [-0.4, -0.2) is 36.9 Å². The Balaban J connectivity index is 1.85. The first-order valence-electron chi connectivity index (χ1n) is 5.48. The van der Waals surface area contributed by atoms with Crippen molar-refractivity contribution in [1.82, 2.24) is 10.6 Å². The molecule has 0 spiro atoms. The van der Waals surface area contributed by atoms with Crippen LogP contribution in [0, 0.1) is 5.92 Å². The van der Waals surface area contributed by atoms with Gasteiger partial charge in [-0.15, -0.1) is 0 Å². The van der Waals surface area contributed by atoms with Gasteiger partial charge in [0.05, 0.1) is 0 Å². The van der Waals surface area contributed by atoms with Crippen molar-refractivity contribution < 1.29 is 5.11 Å². The van der Waals surface area contributed by atoms with Gasteiger partial charge >= 0.3 is 0 Å². The molecule has 2 rings (SSSR count). The second-order valence-corrected chi connectivity index (χ2v) is 4.32. The molecule has 3 heteroatoms. The molecule has 1 saturated heterocycles. The molecule has 1 heterocycles. The summed E-state index contributed by atoms with van der Waals surface area (Å²) >= 11 is 0. The third-order valence-electron chi connectivity index (χ3n) is 3.15. The van der Waals surface area contributed by atoms with Crippen molar-refractivity contribution in [2.75, 3.05) is 19.7 Å². The highest BCUT2D eigenvalue weighted by atomic mass is 16.3. The van der Waals surface area contributed by atoms with E-state index in [1.807, 2.05) is 0 Å². The lowest BCUT2D eigenvalue weighted by Crippen LogP contribution is -2.39. The Morgan fingerprint density at radius 3 is 2.62 bits per heavy atom. The molecule has 3 nitrogen and oxygen atoms in total. The van der Waals surface area contributed by atoms with Gasteiger partial charge in [0.1, 0.15) is 0 Å². The normalized spacial score (nSPS) is 35.8. The van der Waals surface area contributed by atoms with Gasteiger partial charge in [-0.3, -0.25) is 0 Å². The zero-order valence-electron chi connectivity index (χ0n) is 8.13. The molecule has 2 atom stereocenters. The highest BCUT2D eigenvalue weighted by Gasteiger charge is 2.29. The van der Waals surface area contributed by atoms with Crippen molar-refractivity contribution in [3.63, 3.8) is 0 Å². The molecule has 0 aromatic rings. The smallest absolute Gasteiger partial charge is 0.0474 e. The summed E-state index contributed by atoms with van der Waals surface area (Å²) in [5, 5.41) is 16.3. The zero-order chi connectivity index (χ0) is 9.10. The molecule has 13 heavy (non-hydrogen) atoms. The van der Waals surface area contributed by atoms with Crippen LogP contribution in [0.5, 0.6) is 0 Å². The highest BCUT2D eigenvalue weighted by Crippen LogP contribution is 2.23. The van der Waals surface area contributed by atoms with Crippen LogP contribution in [0.3, 0.4) is 0 Å². The second kappa shape index (κ2) is 4.40. The van der Waals surface area contributed by atoms with Crippen molar-refractivity contribution in [1.29, 1.82) is 0 Å². The lowest BCUT2D eigenvalue weighted by Gasteiger charge is -2.24. The van der Waals surface area contributed by atoms with Gasteiger partial charge in [-0.05, 0) is 44.7 Å². The molecule has 76 valence electrons. The van der Waals surface area contributed by atoms with Gasteiger partial charge in [-0.25, -0.2) is 0 Å². The van der Waals surface area contributed by atoms with Crippen LogP contribution in [0.1, 0.15) is 25.7 Å². The van der Waals surface area contributed by atoms with Gasteiger partial charge in [-0.1, -0.05) is 0 Å². The summed E-state index contributed by atoms with van der Waals surface area (Å²) in [5.74, 6) is 0.468. The van der Waals surface area contributed by atoms with Crippen LogP contribution in [0.25, 0.3) is 0 Å². The van der Waals surface area contributed by atoms with Gasteiger partial charge in [0, 0.05) is 18.7 Å². The third-order valence-corrected chi connectivity index (χ3v) is 3.15. The molecule has 1 saturated carbocycles. The third kappa shape index (κ3) is 2.66. The van der Waals surface area contributed by atoms with E-state index in [-0.39, 0.29) is 0 Å². The van der Waals surface area contributed by atoms with E-state index in [4.69, 9.17) is 0 Å². The summed E-state index contributed by atoms with van der Waals surface area (Å²) < 4.78 is 0. The predicted molar refractivity (Wildman–Crippen MR) is 52.6 cm³/mol. The molecule has 2 fully saturated rings. The van der Waals surface area contributed by atoms with Gasteiger partial charge in [0.25, 0.3) is 0 Å². The minimum Gasteiger partial charge on any atom is -0.396 e. The maximum Gasteiger partial charge on any atom is 0.0474 e. The summed E-state index contributed by atoms with van der Waals surface area (Å²) in [7, 11) is 0. The fourth-order valence-corrected chi connectivity index (χ4v) is 2.10. The van der Waals surface area contributed by atoms with E-state index in [2.05, 4.69) is 10.6 Å². The van der Waals surface area contributed by atoms with Crippen molar-refractivity contribution >= 4 is 0 Å². The first-order chi connectivity index (χ1) is 6.40. The molecule has 0 aromatic carbocycles. The Bertz CT molecular complexity index is 159. The summed E-state index contributed by atoms with van der Waals surface area (Å²) in [6.07, 6.45) is 4.95. The van der Waals surface area contributed by atoms with Crippen LogP contribution in [-0.2, 0) is 0 Å². The minimum atomic E-state index is 0.339. The average molecular weight is 184 g/mol. The summed E-state index contributed by atoms with van der Waals surface area (Å²) in [4.78, 5) is 0. The SMILES string of the molecule is OCC1CCNCCC1NC1CC1. The number of hydrogen-bond donors (Lipinski definition) is 3. The number of aliphatic hydroxyl groups excluding tert-OH is 1. The van der Waals surface area contributed by atoms with E-state index >= 15 is 0 Å². The second-order valence-electron chi connectivity index (χ2n) is 4.32. The fourth-order valence-electron chi connectivity index (χ4n) is 2.10. The van der Waals surface area contributed by atoms with Crippen LogP contribution in [0.4, 0.5) is 0 Å². The van der Waals surface area contributed by atoms with Gasteiger partial charge < -0.3 is 15.7 Å². The molecule has 0 bridgehead atoms. The number of aliphatic hydroxyl groups is 1. The maximum atomic E-state index is 9.25. The summed E-state index contributed by atoms with van der Waals surface area (Å²) in [5.41, 5.74) is 0. The molecule has 0 radical (unpaired) electrons. The van der Waals surface area contributed by atoms with E-state index in [0.717, 1.165) is 25.6 Å². The molecule has 1 aliphatic heterocycles. The van der Waals surface area contributed by atoms with E-state index in [9.17, 15) is 5.11 Å². The van der Waals surface area contributed by atoms with Crippen molar-refractivity contribution in [3.8, 4) is 0 Å². The van der Waals surface area contributed by atoms with Crippen LogP contribution in [0.2, 0.25) is 0 Å².